The Morgan fingerprint density at radius 1 is 1.45 bits per heavy atom. The van der Waals surface area contributed by atoms with E-state index in [-0.39, 0.29) is 24.4 Å². The maximum Gasteiger partial charge on any atom is 0.317 e. The summed E-state index contributed by atoms with van der Waals surface area (Å²) in [4.78, 5) is 35.3. The predicted molar refractivity (Wildman–Crippen MR) is 73.0 cm³/mol. The molecule has 0 aromatic heterocycles. The summed E-state index contributed by atoms with van der Waals surface area (Å²) in [5.41, 5.74) is 4.69. The van der Waals surface area contributed by atoms with E-state index in [0.29, 0.717) is 32.4 Å². The minimum atomic E-state index is -0.833. The van der Waals surface area contributed by atoms with E-state index in [1.807, 2.05) is 6.92 Å². The van der Waals surface area contributed by atoms with E-state index in [4.69, 9.17) is 10.8 Å². The molecule has 7 nitrogen and oxygen atoms in total. The number of nitrogens with zero attached hydrogens (tertiary/aromatic N) is 1. The monoisotopic (exact) mass is 285 g/mol. The lowest BCUT2D eigenvalue weighted by Crippen LogP contribution is -2.45. The van der Waals surface area contributed by atoms with Crippen molar-refractivity contribution in [3.05, 3.63) is 0 Å². The van der Waals surface area contributed by atoms with Gasteiger partial charge in [-0.2, -0.15) is 0 Å². The van der Waals surface area contributed by atoms with E-state index in [1.54, 1.807) is 11.8 Å². The smallest absolute Gasteiger partial charge is 0.317 e. The van der Waals surface area contributed by atoms with Crippen molar-refractivity contribution in [1.82, 2.24) is 10.2 Å². The van der Waals surface area contributed by atoms with Gasteiger partial charge in [-0.25, -0.2) is 4.79 Å². The summed E-state index contributed by atoms with van der Waals surface area (Å²) in [6.07, 6.45) is 1.81. The Morgan fingerprint density at radius 2 is 2.10 bits per heavy atom. The van der Waals surface area contributed by atoms with Crippen molar-refractivity contribution in [3.63, 3.8) is 0 Å². The number of primary amides is 1. The number of hydrogen-bond acceptors (Lipinski definition) is 3. The Bertz CT molecular complexity index is 399. The average molecular weight is 285 g/mol. The fraction of sp³-hybridized carbons (Fsp3) is 0.769. The highest BCUT2D eigenvalue weighted by Crippen LogP contribution is 2.29. The molecule has 0 aromatic rings. The van der Waals surface area contributed by atoms with Crippen molar-refractivity contribution in [2.24, 2.45) is 11.1 Å². The first kappa shape index (κ1) is 16.3. The molecular weight excluding hydrogens is 262 g/mol. The van der Waals surface area contributed by atoms with Crippen molar-refractivity contribution >= 4 is 17.9 Å². The molecule has 1 fully saturated rings. The summed E-state index contributed by atoms with van der Waals surface area (Å²) in [5, 5.41) is 11.4. The lowest BCUT2D eigenvalue weighted by molar-refractivity contribution is -0.137. The zero-order valence-electron chi connectivity index (χ0n) is 12.0. The molecule has 1 saturated heterocycles. The maximum atomic E-state index is 12.0. The molecule has 7 heteroatoms. The minimum Gasteiger partial charge on any atom is -0.481 e. The largest absolute Gasteiger partial charge is 0.481 e. The maximum absolute atomic E-state index is 12.0. The van der Waals surface area contributed by atoms with E-state index in [1.165, 1.54) is 0 Å². The third kappa shape index (κ3) is 4.40. The summed E-state index contributed by atoms with van der Waals surface area (Å²) in [6.45, 7) is 4.44. The van der Waals surface area contributed by atoms with E-state index < -0.39 is 11.4 Å². The van der Waals surface area contributed by atoms with Gasteiger partial charge in [0.15, 0.2) is 0 Å². The number of hydrogen-bond donors (Lipinski definition) is 3. The Hall–Kier alpha value is -1.79. The zero-order chi connectivity index (χ0) is 15.3. The van der Waals surface area contributed by atoms with Crippen molar-refractivity contribution in [3.8, 4) is 0 Å². The fourth-order valence-electron chi connectivity index (χ4n) is 2.27. The third-order valence-corrected chi connectivity index (χ3v) is 3.75. The van der Waals surface area contributed by atoms with Gasteiger partial charge in [0.05, 0.1) is 5.41 Å². The Labute approximate surface area is 118 Å². The second kappa shape index (κ2) is 6.58. The van der Waals surface area contributed by atoms with Gasteiger partial charge in [-0.15, -0.1) is 0 Å². The van der Waals surface area contributed by atoms with Gasteiger partial charge < -0.3 is 21.1 Å². The number of carboxylic acid groups (broad SMARTS) is 1. The zero-order valence-corrected chi connectivity index (χ0v) is 12.0. The molecule has 1 rings (SSSR count). The molecule has 2 unspecified atom stereocenters. The normalized spacial score (nSPS) is 23.4. The van der Waals surface area contributed by atoms with Gasteiger partial charge in [0, 0.05) is 25.6 Å². The lowest BCUT2D eigenvalue weighted by Gasteiger charge is -2.23. The molecule has 1 aliphatic heterocycles. The van der Waals surface area contributed by atoms with Crippen LogP contribution in [0.15, 0.2) is 0 Å². The number of urea groups is 1. The first-order chi connectivity index (χ1) is 9.24. The number of carboxylic acids is 1. The Kier molecular flexibility index (Phi) is 5.35. The highest BCUT2D eigenvalue weighted by Gasteiger charge is 2.40. The van der Waals surface area contributed by atoms with Crippen LogP contribution in [0.4, 0.5) is 4.79 Å². The predicted octanol–water partition coefficient (Wildman–Crippen LogP) is 0.537. The molecule has 0 aliphatic carbocycles. The lowest BCUT2D eigenvalue weighted by atomic mass is 9.89. The van der Waals surface area contributed by atoms with E-state index >= 15 is 0 Å². The van der Waals surface area contributed by atoms with Crippen LogP contribution in [0.25, 0.3) is 0 Å². The van der Waals surface area contributed by atoms with Crippen LogP contribution in [-0.4, -0.2) is 47.0 Å². The van der Waals surface area contributed by atoms with Crippen LogP contribution in [0.2, 0.25) is 0 Å². The Balaban J connectivity index is 2.37. The summed E-state index contributed by atoms with van der Waals surface area (Å²) < 4.78 is 0. The van der Waals surface area contributed by atoms with Gasteiger partial charge >= 0.3 is 12.0 Å². The van der Waals surface area contributed by atoms with Gasteiger partial charge in [-0.05, 0) is 33.1 Å². The molecule has 0 radical (unpaired) electrons. The minimum absolute atomic E-state index is 0.0951. The molecule has 0 saturated carbocycles. The third-order valence-electron chi connectivity index (χ3n) is 3.75. The van der Waals surface area contributed by atoms with Crippen LogP contribution in [0.5, 0.6) is 0 Å². The van der Waals surface area contributed by atoms with Crippen molar-refractivity contribution in [2.75, 3.05) is 13.1 Å². The van der Waals surface area contributed by atoms with Gasteiger partial charge in [0.25, 0.3) is 0 Å². The van der Waals surface area contributed by atoms with Crippen LogP contribution in [0.1, 0.15) is 39.5 Å². The van der Waals surface area contributed by atoms with Crippen molar-refractivity contribution < 1.29 is 19.5 Å². The molecule has 1 aliphatic rings. The number of rotatable bonds is 6. The highest BCUT2D eigenvalue weighted by molar-refractivity contribution is 5.83. The summed E-state index contributed by atoms with van der Waals surface area (Å²) in [5.74, 6) is -1.22. The Morgan fingerprint density at radius 3 is 2.60 bits per heavy atom. The van der Waals surface area contributed by atoms with E-state index in [2.05, 4.69) is 5.32 Å². The highest BCUT2D eigenvalue weighted by atomic mass is 16.4. The van der Waals surface area contributed by atoms with Crippen LogP contribution in [0.3, 0.4) is 0 Å². The standard InChI is InChI=1S/C13H23N3O4/c1-9(4-3-5-10(17)18)15-12(20)16-7-6-13(2,8-16)11(14)19/h9H,3-8H2,1-2H3,(H2,14,19)(H,15,20)(H,17,18). The summed E-state index contributed by atoms with van der Waals surface area (Å²) in [6, 6.07) is -0.319. The molecule has 20 heavy (non-hydrogen) atoms. The quantitative estimate of drug-likeness (QED) is 0.661. The molecule has 1 heterocycles. The van der Waals surface area contributed by atoms with Gasteiger partial charge in [-0.3, -0.25) is 9.59 Å². The van der Waals surface area contributed by atoms with Gasteiger partial charge in [-0.1, -0.05) is 0 Å². The molecule has 3 amide bonds. The van der Waals surface area contributed by atoms with Gasteiger partial charge in [0.1, 0.15) is 0 Å². The van der Waals surface area contributed by atoms with E-state index in [0.717, 1.165) is 0 Å². The summed E-state index contributed by atoms with van der Waals surface area (Å²) in [7, 11) is 0. The number of nitrogens with one attached hydrogen (secondary N) is 1. The van der Waals surface area contributed by atoms with E-state index in [9.17, 15) is 14.4 Å². The second-order valence-corrected chi connectivity index (χ2v) is 5.73. The van der Waals surface area contributed by atoms with Crippen molar-refractivity contribution in [1.29, 1.82) is 0 Å². The number of likely N-dealkylation sites (tertiary alicyclic amines) is 1. The number of carbonyl (C=O) groups is 3. The first-order valence-electron chi connectivity index (χ1n) is 6.82. The molecule has 0 spiro atoms. The average Bonchev–Trinajstić information content (AvgIpc) is 2.73. The second-order valence-electron chi connectivity index (χ2n) is 5.73. The number of nitrogens with two attached hydrogens (primary N) is 1. The van der Waals surface area contributed by atoms with Crippen LogP contribution in [0, 0.1) is 5.41 Å². The van der Waals surface area contributed by atoms with Crippen molar-refractivity contribution in [2.45, 2.75) is 45.6 Å². The molecule has 0 bridgehead atoms. The number of aliphatic carboxylic acids is 1. The SMILES string of the molecule is CC(CCCC(=O)O)NC(=O)N1CCC(C)(C(N)=O)C1. The molecule has 2 atom stereocenters. The van der Waals surface area contributed by atoms with Crippen LogP contribution >= 0.6 is 0 Å². The fourth-order valence-corrected chi connectivity index (χ4v) is 2.27. The summed E-state index contributed by atoms with van der Waals surface area (Å²) >= 11 is 0. The number of carbonyl (C=O) groups excluding carboxylic acids is 2. The molecular formula is C13H23N3O4. The molecule has 4 N–H and O–H groups in total. The topological polar surface area (TPSA) is 113 Å². The van der Waals surface area contributed by atoms with Crippen LogP contribution < -0.4 is 11.1 Å². The molecule has 114 valence electrons. The molecule has 0 aromatic carbocycles. The van der Waals surface area contributed by atoms with Gasteiger partial charge in [0.2, 0.25) is 5.91 Å². The van der Waals surface area contributed by atoms with Crippen LogP contribution in [-0.2, 0) is 9.59 Å². The first-order valence-corrected chi connectivity index (χ1v) is 6.82. The number of amides is 3.